The van der Waals surface area contributed by atoms with Gasteiger partial charge in [0, 0.05) is 17.8 Å². The molecule has 0 bridgehead atoms. The first kappa shape index (κ1) is 21.0. The minimum Gasteiger partial charge on any atom is -0.345 e. The molecule has 6 nitrogen and oxygen atoms in total. The third-order valence-electron chi connectivity index (χ3n) is 3.70. The highest BCUT2D eigenvalue weighted by molar-refractivity contribution is 7.92. The Bertz CT molecular complexity index is 1220. The van der Waals surface area contributed by atoms with Crippen molar-refractivity contribution in [3.8, 4) is 0 Å². The number of rotatable bonds is 5. The molecule has 0 aliphatic heterocycles. The van der Waals surface area contributed by atoms with Crippen molar-refractivity contribution in [3.05, 3.63) is 58.4 Å². The van der Waals surface area contributed by atoms with Crippen LogP contribution in [0.2, 0.25) is 5.02 Å². The number of carbonyl (C=O) groups is 1. The van der Waals surface area contributed by atoms with Crippen molar-refractivity contribution in [2.45, 2.75) is 6.18 Å². The number of halogens is 6. The SMILES string of the molecule is O=C(c1c(F)ccc(NS(=O)(=O)CC(F)(F)F)c1F)c1c[nH]c2nccc(Cl)c12. The summed E-state index contributed by atoms with van der Waals surface area (Å²) in [6, 6.07) is 2.46. The van der Waals surface area contributed by atoms with Gasteiger partial charge in [-0.1, -0.05) is 11.6 Å². The minimum atomic E-state index is -5.09. The lowest BCUT2D eigenvalue weighted by Gasteiger charge is -2.13. The van der Waals surface area contributed by atoms with E-state index in [2.05, 4.69) is 9.97 Å². The lowest BCUT2D eigenvalue weighted by Crippen LogP contribution is -2.28. The van der Waals surface area contributed by atoms with Crippen molar-refractivity contribution >= 4 is 44.1 Å². The Kier molecular flexibility index (Phi) is 5.26. The number of aromatic amines is 1. The summed E-state index contributed by atoms with van der Waals surface area (Å²) < 4.78 is 90.5. The maximum absolute atomic E-state index is 14.7. The topological polar surface area (TPSA) is 91.9 Å². The van der Waals surface area contributed by atoms with Gasteiger partial charge in [0.1, 0.15) is 11.5 Å². The van der Waals surface area contributed by atoms with Gasteiger partial charge in [0.05, 0.1) is 21.8 Å². The van der Waals surface area contributed by atoms with Gasteiger partial charge in [-0.15, -0.1) is 0 Å². The zero-order valence-electron chi connectivity index (χ0n) is 13.9. The van der Waals surface area contributed by atoms with E-state index in [0.717, 1.165) is 6.20 Å². The number of aromatic nitrogens is 2. The van der Waals surface area contributed by atoms with Crippen LogP contribution in [0.1, 0.15) is 15.9 Å². The molecule has 0 aliphatic rings. The number of nitrogens with zero attached hydrogens (tertiary/aromatic N) is 1. The summed E-state index contributed by atoms with van der Waals surface area (Å²) in [6.07, 6.45) is -2.66. The molecule has 3 aromatic rings. The van der Waals surface area contributed by atoms with Gasteiger partial charge in [-0.25, -0.2) is 22.2 Å². The number of sulfonamides is 1. The molecule has 13 heteroatoms. The molecule has 0 fully saturated rings. The summed E-state index contributed by atoms with van der Waals surface area (Å²) in [5.74, 6) is -6.52. The van der Waals surface area contributed by atoms with Crippen LogP contribution in [0.3, 0.4) is 0 Å². The van der Waals surface area contributed by atoms with E-state index in [4.69, 9.17) is 11.6 Å². The Hall–Kier alpha value is -2.73. The quantitative estimate of drug-likeness (QED) is 0.451. The van der Waals surface area contributed by atoms with Gasteiger partial charge in [0.25, 0.3) is 0 Å². The van der Waals surface area contributed by atoms with Crippen LogP contribution in [0.15, 0.2) is 30.6 Å². The molecule has 0 aliphatic carbocycles. The number of alkyl halides is 3. The van der Waals surface area contributed by atoms with Crippen LogP contribution < -0.4 is 4.72 Å². The number of nitrogens with one attached hydrogen (secondary N) is 2. The minimum absolute atomic E-state index is 0.0578. The first-order chi connectivity index (χ1) is 13.4. The highest BCUT2D eigenvalue weighted by atomic mass is 35.5. The van der Waals surface area contributed by atoms with Gasteiger partial charge >= 0.3 is 6.18 Å². The number of ketones is 1. The van der Waals surface area contributed by atoms with Crippen molar-refractivity contribution in [1.82, 2.24) is 9.97 Å². The van der Waals surface area contributed by atoms with Gasteiger partial charge in [-0.05, 0) is 18.2 Å². The van der Waals surface area contributed by atoms with E-state index in [0.29, 0.717) is 12.1 Å². The third kappa shape index (κ3) is 4.32. The van der Waals surface area contributed by atoms with Crippen LogP contribution in [-0.2, 0) is 10.0 Å². The molecule has 1 aromatic carbocycles. The van der Waals surface area contributed by atoms with E-state index in [1.165, 1.54) is 17.0 Å². The van der Waals surface area contributed by atoms with E-state index in [9.17, 15) is 35.2 Å². The second kappa shape index (κ2) is 7.26. The van der Waals surface area contributed by atoms with Crippen molar-refractivity contribution in [3.63, 3.8) is 0 Å². The van der Waals surface area contributed by atoms with Gasteiger partial charge in [-0.3, -0.25) is 9.52 Å². The van der Waals surface area contributed by atoms with Gasteiger partial charge in [0.15, 0.2) is 11.6 Å². The van der Waals surface area contributed by atoms with Crippen LogP contribution in [0.4, 0.5) is 27.6 Å². The van der Waals surface area contributed by atoms with Gasteiger partial charge < -0.3 is 4.98 Å². The van der Waals surface area contributed by atoms with E-state index in [1.807, 2.05) is 0 Å². The molecule has 29 heavy (non-hydrogen) atoms. The smallest absolute Gasteiger partial charge is 0.345 e. The van der Waals surface area contributed by atoms with Crippen LogP contribution in [0.25, 0.3) is 11.0 Å². The fourth-order valence-corrected chi connectivity index (χ4v) is 3.83. The Morgan fingerprint density at radius 2 is 1.90 bits per heavy atom. The summed E-state index contributed by atoms with van der Waals surface area (Å²) in [6.45, 7) is 0. The number of fused-ring (bicyclic) bond motifs is 1. The molecule has 154 valence electrons. The summed E-state index contributed by atoms with van der Waals surface area (Å²) in [5.41, 5.74) is -2.28. The van der Waals surface area contributed by atoms with Crippen LogP contribution in [-0.4, -0.2) is 36.1 Å². The molecule has 0 unspecified atom stereocenters. The average molecular weight is 454 g/mol. The Labute approximate surface area is 164 Å². The molecule has 0 radical (unpaired) electrons. The fourth-order valence-electron chi connectivity index (χ4n) is 2.59. The molecule has 2 aromatic heterocycles. The number of H-pyrrole nitrogens is 1. The standard InChI is InChI=1S/C16H9ClF5N3O3S/c17-8-3-4-23-15-11(8)7(5-24-15)14(26)12-9(18)1-2-10(13(12)19)25-29(27,28)6-16(20,21)22/h1-5,25H,6H2,(H,23,24). The first-order valence-corrected chi connectivity index (χ1v) is 9.64. The maximum Gasteiger partial charge on any atom is 0.404 e. The number of anilines is 1. The van der Waals surface area contributed by atoms with Gasteiger partial charge in [-0.2, -0.15) is 13.2 Å². The molecule has 0 saturated carbocycles. The largest absolute Gasteiger partial charge is 0.404 e. The predicted octanol–water partition coefficient (Wildman–Crippen LogP) is 4.03. The summed E-state index contributed by atoms with van der Waals surface area (Å²) in [5, 5.41) is 0.128. The van der Waals surface area contributed by atoms with E-state index >= 15 is 0 Å². The highest BCUT2D eigenvalue weighted by Gasteiger charge is 2.36. The number of carbonyl (C=O) groups excluding carboxylic acids is 1. The number of hydrogen-bond donors (Lipinski definition) is 2. The third-order valence-corrected chi connectivity index (χ3v) is 5.26. The van der Waals surface area contributed by atoms with Gasteiger partial charge in [0.2, 0.25) is 15.8 Å². The van der Waals surface area contributed by atoms with E-state index in [1.54, 1.807) is 0 Å². The molecule has 0 saturated heterocycles. The fraction of sp³-hybridized carbons (Fsp3) is 0.125. The van der Waals surface area contributed by atoms with Crippen molar-refractivity contribution in [2.24, 2.45) is 0 Å². The molecule has 0 amide bonds. The monoisotopic (exact) mass is 453 g/mol. The number of pyridine rings is 1. The summed E-state index contributed by atoms with van der Waals surface area (Å²) in [7, 11) is -5.05. The normalized spacial score (nSPS) is 12.3. The summed E-state index contributed by atoms with van der Waals surface area (Å²) >= 11 is 6.00. The van der Waals surface area contributed by atoms with Crippen molar-refractivity contribution in [1.29, 1.82) is 0 Å². The summed E-state index contributed by atoms with van der Waals surface area (Å²) in [4.78, 5) is 19.2. The Balaban J connectivity index is 2.06. The average Bonchev–Trinajstić information content (AvgIpc) is 3.01. The first-order valence-electron chi connectivity index (χ1n) is 7.61. The second-order valence-corrected chi connectivity index (χ2v) is 7.94. The Morgan fingerprint density at radius 3 is 2.55 bits per heavy atom. The molecule has 3 rings (SSSR count). The molecule has 0 spiro atoms. The van der Waals surface area contributed by atoms with Crippen molar-refractivity contribution < 1.29 is 35.2 Å². The molecule has 2 N–H and O–H groups in total. The van der Waals surface area contributed by atoms with E-state index < -0.39 is 50.6 Å². The lowest BCUT2D eigenvalue weighted by atomic mass is 10.0. The zero-order valence-corrected chi connectivity index (χ0v) is 15.5. The Morgan fingerprint density at radius 1 is 1.21 bits per heavy atom. The molecular weight excluding hydrogens is 445 g/mol. The zero-order chi connectivity index (χ0) is 21.6. The molecule has 2 heterocycles. The van der Waals surface area contributed by atoms with Crippen LogP contribution in [0.5, 0.6) is 0 Å². The maximum atomic E-state index is 14.7. The predicted molar refractivity (Wildman–Crippen MR) is 94.4 cm³/mol. The number of hydrogen-bond acceptors (Lipinski definition) is 4. The number of benzene rings is 1. The van der Waals surface area contributed by atoms with Crippen molar-refractivity contribution in [2.75, 3.05) is 10.5 Å². The van der Waals surface area contributed by atoms with Crippen LogP contribution in [0, 0.1) is 11.6 Å². The second-order valence-electron chi connectivity index (χ2n) is 5.81. The van der Waals surface area contributed by atoms with Crippen LogP contribution >= 0.6 is 11.6 Å². The molecule has 0 atom stereocenters. The van der Waals surface area contributed by atoms with E-state index in [-0.39, 0.29) is 21.6 Å². The lowest BCUT2D eigenvalue weighted by molar-refractivity contribution is -0.106. The highest BCUT2D eigenvalue weighted by Crippen LogP contribution is 2.30. The molecular formula is C16H9ClF5N3O3S.